The first-order valence-corrected chi connectivity index (χ1v) is 8.48. The van der Waals surface area contributed by atoms with Crippen LogP contribution >= 0.6 is 0 Å². The van der Waals surface area contributed by atoms with Crippen LogP contribution in [0.3, 0.4) is 0 Å². The van der Waals surface area contributed by atoms with E-state index in [1.54, 1.807) is 0 Å². The second kappa shape index (κ2) is 9.29. The van der Waals surface area contributed by atoms with Crippen LogP contribution < -0.4 is 5.32 Å². The predicted molar refractivity (Wildman–Crippen MR) is 101 cm³/mol. The van der Waals surface area contributed by atoms with Crippen LogP contribution in [0.1, 0.15) is 70.1 Å². The Morgan fingerprint density at radius 2 is 1.52 bits per heavy atom. The summed E-state index contributed by atoms with van der Waals surface area (Å²) in [6, 6.07) is 7.77. The molecule has 1 heterocycles. The molecule has 0 fully saturated rings. The van der Waals surface area contributed by atoms with Gasteiger partial charge in [-0.15, -0.1) is 0 Å². The predicted octanol–water partition coefficient (Wildman–Crippen LogP) is 5.43. The quantitative estimate of drug-likeness (QED) is 0.762. The van der Waals surface area contributed by atoms with Gasteiger partial charge in [-0.3, -0.25) is 9.78 Å². The Balaban J connectivity index is 0.00000112. The van der Waals surface area contributed by atoms with E-state index in [1.165, 1.54) is 0 Å². The second-order valence-electron chi connectivity index (χ2n) is 5.92. The summed E-state index contributed by atoms with van der Waals surface area (Å²) in [6.45, 7) is 17.8. The lowest BCUT2D eigenvalue weighted by Crippen LogP contribution is -2.41. The van der Waals surface area contributed by atoms with Gasteiger partial charge >= 0.3 is 0 Å². The van der Waals surface area contributed by atoms with E-state index in [4.69, 9.17) is 0 Å². The number of carbonyl (C=O) groups is 1. The number of carbonyl (C=O) groups excluding carboxylic acids is 1. The van der Waals surface area contributed by atoms with Crippen molar-refractivity contribution in [2.75, 3.05) is 0 Å². The van der Waals surface area contributed by atoms with Crippen LogP contribution in [-0.2, 0) is 0 Å². The van der Waals surface area contributed by atoms with Crippen LogP contribution in [0.5, 0.6) is 0 Å². The molecule has 1 N–H and O–H groups in total. The van der Waals surface area contributed by atoms with Crippen LogP contribution in [0.4, 0.5) is 0 Å². The Kier molecular flexibility index (Phi) is 8.52. The number of fused-ring (bicyclic) bond motifs is 1. The van der Waals surface area contributed by atoms with E-state index in [0.29, 0.717) is 0 Å². The van der Waals surface area contributed by atoms with E-state index < -0.39 is 0 Å². The van der Waals surface area contributed by atoms with E-state index in [9.17, 15) is 4.79 Å². The van der Waals surface area contributed by atoms with Gasteiger partial charge in [0.1, 0.15) is 0 Å². The molecule has 0 saturated heterocycles. The lowest BCUT2D eigenvalue weighted by molar-refractivity contribution is 0.0920. The summed E-state index contributed by atoms with van der Waals surface area (Å²) in [4.78, 5) is 17.0. The molecule has 3 heteroatoms. The number of hydrogen-bond acceptors (Lipinski definition) is 2. The fraction of sp³-hybridized carbons (Fsp3) is 0.500. The maximum absolute atomic E-state index is 12.5. The Bertz CT molecular complexity index is 640. The molecule has 23 heavy (non-hydrogen) atoms. The van der Waals surface area contributed by atoms with Gasteiger partial charge in [-0.05, 0) is 46.2 Å². The van der Waals surface area contributed by atoms with Gasteiger partial charge in [0, 0.05) is 16.6 Å². The molecule has 2 rings (SSSR count). The Hall–Kier alpha value is -1.90. The smallest absolute Gasteiger partial charge is 0.252 e. The molecule has 0 bridgehead atoms. The topological polar surface area (TPSA) is 42.0 Å². The van der Waals surface area contributed by atoms with Gasteiger partial charge in [-0.25, -0.2) is 0 Å². The van der Waals surface area contributed by atoms with E-state index in [1.807, 2.05) is 86.6 Å². The van der Waals surface area contributed by atoms with E-state index in [-0.39, 0.29) is 11.4 Å². The van der Waals surface area contributed by atoms with Gasteiger partial charge < -0.3 is 5.32 Å². The minimum Gasteiger partial charge on any atom is -0.347 e. The molecule has 0 aliphatic rings. The van der Waals surface area contributed by atoms with Crippen molar-refractivity contribution in [1.29, 1.82) is 0 Å². The Morgan fingerprint density at radius 3 is 2.04 bits per heavy atom. The highest BCUT2D eigenvalue weighted by Gasteiger charge is 2.20. The van der Waals surface area contributed by atoms with E-state index in [0.717, 1.165) is 27.7 Å². The third-order valence-electron chi connectivity index (χ3n) is 3.09. The molecule has 3 nitrogen and oxygen atoms in total. The highest BCUT2D eigenvalue weighted by atomic mass is 16.1. The fourth-order valence-corrected chi connectivity index (χ4v) is 2.13. The van der Waals surface area contributed by atoms with Gasteiger partial charge in [0.05, 0.1) is 11.1 Å². The third-order valence-corrected chi connectivity index (χ3v) is 3.09. The first-order chi connectivity index (χ1) is 10.8. The van der Waals surface area contributed by atoms with Crippen LogP contribution in [-0.4, -0.2) is 16.4 Å². The molecule has 0 spiro atoms. The maximum Gasteiger partial charge on any atom is 0.252 e. The maximum atomic E-state index is 12.5. The highest BCUT2D eigenvalue weighted by molar-refractivity contribution is 6.07. The van der Waals surface area contributed by atoms with Crippen molar-refractivity contribution in [2.24, 2.45) is 0 Å². The first kappa shape index (κ1) is 21.1. The van der Waals surface area contributed by atoms with Crippen molar-refractivity contribution in [3.8, 4) is 0 Å². The molecule has 0 unspecified atom stereocenters. The molecule has 2 aromatic rings. The van der Waals surface area contributed by atoms with Crippen molar-refractivity contribution in [3.05, 3.63) is 41.1 Å². The number of benzene rings is 1. The van der Waals surface area contributed by atoms with E-state index in [2.05, 4.69) is 10.3 Å². The number of para-hydroxylation sites is 1. The summed E-state index contributed by atoms with van der Waals surface area (Å²) in [5, 5.41) is 3.94. The van der Waals surface area contributed by atoms with Crippen molar-refractivity contribution in [1.82, 2.24) is 10.3 Å². The zero-order valence-corrected chi connectivity index (χ0v) is 16.2. The molecule has 1 aromatic carbocycles. The van der Waals surface area contributed by atoms with Gasteiger partial charge in [0.15, 0.2) is 0 Å². The highest BCUT2D eigenvalue weighted by Crippen LogP contribution is 2.23. The van der Waals surface area contributed by atoms with Gasteiger partial charge in [-0.2, -0.15) is 0 Å². The number of nitrogens with one attached hydrogen (secondary N) is 1. The number of amides is 1. The second-order valence-corrected chi connectivity index (χ2v) is 5.92. The lowest BCUT2D eigenvalue weighted by atomic mass is 9.99. The number of aromatic nitrogens is 1. The standard InChI is InChI=1S/C16H20N2O.2C2H6/c1-10-11(2)17-13-9-7-6-8-12(13)14(10)15(19)18-16(3,4)5;2*1-2/h6-9H,1-5H3,(H,18,19);2*1-2H3. The average molecular weight is 316 g/mol. The van der Waals surface area contributed by atoms with Crippen molar-refractivity contribution in [2.45, 2.75) is 67.9 Å². The molecule has 128 valence electrons. The normalized spacial score (nSPS) is 10.1. The summed E-state index contributed by atoms with van der Waals surface area (Å²) in [7, 11) is 0. The summed E-state index contributed by atoms with van der Waals surface area (Å²) >= 11 is 0. The molecular formula is C20H32N2O. The monoisotopic (exact) mass is 316 g/mol. The molecule has 0 saturated carbocycles. The average Bonchev–Trinajstić information content (AvgIpc) is 2.50. The summed E-state index contributed by atoms with van der Waals surface area (Å²) < 4.78 is 0. The van der Waals surface area contributed by atoms with Gasteiger partial charge in [0.2, 0.25) is 0 Å². The van der Waals surface area contributed by atoms with Crippen LogP contribution in [0.2, 0.25) is 0 Å². The minimum atomic E-state index is -0.248. The van der Waals surface area contributed by atoms with Crippen molar-refractivity contribution < 1.29 is 4.79 Å². The first-order valence-electron chi connectivity index (χ1n) is 8.48. The summed E-state index contributed by atoms with van der Waals surface area (Å²) in [6.07, 6.45) is 0. The van der Waals surface area contributed by atoms with Crippen molar-refractivity contribution >= 4 is 16.8 Å². The van der Waals surface area contributed by atoms with E-state index >= 15 is 0 Å². The number of nitrogens with zero attached hydrogens (tertiary/aromatic N) is 1. The summed E-state index contributed by atoms with van der Waals surface area (Å²) in [5.41, 5.74) is 3.20. The molecular weight excluding hydrogens is 284 g/mol. The fourth-order valence-electron chi connectivity index (χ4n) is 2.13. The third kappa shape index (κ3) is 5.66. The summed E-state index contributed by atoms with van der Waals surface area (Å²) in [5.74, 6) is -0.0355. The van der Waals surface area contributed by atoms with Crippen LogP contribution in [0, 0.1) is 13.8 Å². The zero-order valence-electron chi connectivity index (χ0n) is 16.2. The van der Waals surface area contributed by atoms with Gasteiger partial charge in [-0.1, -0.05) is 45.9 Å². The largest absolute Gasteiger partial charge is 0.347 e. The molecule has 0 radical (unpaired) electrons. The number of aryl methyl sites for hydroxylation is 1. The van der Waals surface area contributed by atoms with Crippen molar-refractivity contribution in [3.63, 3.8) is 0 Å². The Morgan fingerprint density at radius 1 is 1.00 bits per heavy atom. The molecule has 1 aromatic heterocycles. The number of hydrogen-bond donors (Lipinski definition) is 1. The molecule has 0 atom stereocenters. The van der Waals surface area contributed by atoms with Crippen LogP contribution in [0.15, 0.2) is 24.3 Å². The molecule has 0 aliphatic carbocycles. The lowest BCUT2D eigenvalue weighted by Gasteiger charge is -2.22. The number of rotatable bonds is 1. The SMILES string of the molecule is CC.CC.Cc1nc2ccccc2c(C(=O)NC(C)(C)C)c1C. The Labute approximate surface area is 141 Å². The van der Waals surface area contributed by atoms with Crippen LogP contribution in [0.25, 0.3) is 10.9 Å². The van der Waals surface area contributed by atoms with Gasteiger partial charge in [0.25, 0.3) is 5.91 Å². The zero-order chi connectivity index (χ0) is 18.2. The molecule has 1 amide bonds. The minimum absolute atomic E-state index is 0.0355. The number of pyridine rings is 1. The molecule has 0 aliphatic heterocycles.